The number of benzene rings is 2. The number of aromatic nitrogens is 2. The molecule has 0 N–H and O–H groups in total. The summed E-state index contributed by atoms with van der Waals surface area (Å²) in [6.45, 7) is 8.25. The molecule has 0 aliphatic rings. The van der Waals surface area contributed by atoms with Gasteiger partial charge in [-0.3, -0.25) is 0 Å². The lowest BCUT2D eigenvalue weighted by Gasteiger charge is -2.39. The molecule has 2 atom stereocenters. The third kappa shape index (κ3) is 17.8. The summed E-state index contributed by atoms with van der Waals surface area (Å²) in [6.07, 6.45) is 43.0. The fourth-order valence-electron chi connectivity index (χ4n) is 8.48. The van der Waals surface area contributed by atoms with E-state index in [1.165, 1.54) is 190 Å². The summed E-state index contributed by atoms with van der Waals surface area (Å²) >= 11 is 0. The first-order valence-corrected chi connectivity index (χ1v) is 22.3. The Morgan fingerprint density at radius 3 is 1.39 bits per heavy atom. The number of hydrogen-bond acceptors (Lipinski definition) is 1. The molecular formula is C49H80N2. The van der Waals surface area contributed by atoms with E-state index in [-0.39, 0.29) is 5.41 Å². The normalized spacial score (nSPS) is 13.4. The van der Waals surface area contributed by atoms with Gasteiger partial charge >= 0.3 is 0 Å². The van der Waals surface area contributed by atoms with Crippen LogP contribution in [0.5, 0.6) is 0 Å². The predicted octanol–water partition coefficient (Wildman–Crippen LogP) is 15.7. The van der Waals surface area contributed by atoms with Crippen molar-refractivity contribution in [2.45, 2.75) is 218 Å². The zero-order valence-corrected chi connectivity index (χ0v) is 33.9. The Hall–Kier alpha value is -2.35. The lowest BCUT2D eigenvalue weighted by atomic mass is 9.66. The summed E-state index contributed by atoms with van der Waals surface area (Å²) in [5.74, 6) is 1.69. The van der Waals surface area contributed by atoms with Crippen molar-refractivity contribution in [2.75, 3.05) is 0 Å². The number of aryl methyl sites for hydroxylation is 1. The van der Waals surface area contributed by atoms with Gasteiger partial charge in [-0.15, -0.1) is 0 Å². The lowest BCUT2D eigenvalue weighted by Crippen LogP contribution is -2.35. The van der Waals surface area contributed by atoms with Gasteiger partial charge in [0.25, 0.3) is 0 Å². The summed E-state index contributed by atoms with van der Waals surface area (Å²) in [5.41, 5.74) is 2.84. The number of imidazole rings is 1. The highest BCUT2D eigenvalue weighted by Crippen LogP contribution is 2.44. The zero-order chi connectivity index (χ0) is 36.1. The van der Waals surface area contributed by atoms with Gasteiger partial charge in [-0.25, -0.2) is 4.98 Å². The zero-order valence-electron chi connectivity index (χ0n) is 33.9. The average Bonchev–Trinajstić information content (AvgIpc) is 3.62. The molecule has 0 amide bonds. The molecule has 1 aromatic heterocycles. The minimum atomic E-state index is -0.0289. The van der Waals surface area contributed by atoms with Gasteiger partial charge < -0.3 is 4.57 Å². The van der Waals surface area contributed by atoms with E-state index >= 15 is 0 Å². The fraction of sp³-hybridized carbons (Fsp3) is 0.694. The minimum absolute atomic E-state index is 0.0289. The molecule has 3 rings (SSSR count). The van der Waals surface area contributed by atoms with Crippen molar-refractivity contribution in [3.63, 3.8) is 0 Å². The van der Waals surface area contributed by atoms with E-state index < -0.39 is 0 Å². The Balaban J connectivity index is 1.54. The highest BCUT2D eigenvalue weighted by atomic mass is 15.1. The minimum Gasteiger partial charge on any atom is -0.335 e. The van der Waals surface area contributed by atoms with E-state index in [1.54, 1.807) is 0 Å². The Labute approximate surface area is 317 Å². The van der Waals surface area contributed by atoms with Crippen molar-refractivity contribution < 1.29 is 0 Å². The van der Waals surface area contributed by atoms with Gasteiger partial charge in [0.2, 0.25) is 0 Å². The summed E-state index contributed by atoms with van der Waals surface area (Å²) in [6, 6.07) is 22.6. The van der Waals surface area contributed by atoms with Crippen molar-refractivity contribution >= 4 is 0 Å². The first kappa shape index (κ1) is 43.1. The highest BCUT2D eigenvalue weighted by Gasteiger charge is 2.39. The van der Waals surface area contributed by atoms with Crippen LogP contribution >= 0.6 is 0 Å². The van der Waals surface area contributed by atoms with Gasteiger partial charge in [-0.05, 0) is 30.4 Å². The monoisotopic (exact) mass is 697 g/mol. The molecule has 2 heteroatoms. The van der Waals surface area contributed by atoms with Crippen LogP contribution < -0.4 is 0 Å². The van der Waals surface area contributed by atoms with Crippen LogP contribution in [0.2, 0.25) is 0 Å². The van der Waals surface area contributed by atoms with Gasteiger partial charge in [-0.1, -0.05) is 242 Å². The van der Waals surface area contributed by atoms with E-state index in [0.29, 0.717) is 5.92 Å². The Bertz CT molecular complexity index is 1180. The van der Waals surface area contributed by atoms with Crippen LogP contribution in [0.15, 0.2) is 73.1 Å². The molecule has 2 nitrogen and oxygen atoms in total. The van der Waals surface area contributed by atoms with Crippen LogP contribution in [0.1, 0.15) is 217 Å². The van der Waals surface area contributed by atoms with Crippen molar-refractivity contribution in [1.29, 1.82) is 0 Å². The molecule has 286 valence electrons. The van der Waals surface area contributed by atoms with Crippen molar-refractivity contribution in [3.05, 3.63) is 90.0 Å². The van der Waals surface area contributed by atoms with Crippen molar-refractivity contribution in [1.82, 2.24) is 9.55 Å². The van der Waals surface area contributed by atoms with Crippen LogP contribution in [-0.4, -0.2) is 9.55 Å². The van der Waals surface area contributed by atoms with Gasteiger partial charge in [0.15, 0.2) is 0 Å². The third-order valence-electron chi connectivity index (χ3n) is 11.8. The SMILES string of the molecule is CCCCCCCCCCCCCCCC(c1nccn1CCCCCCCCCCCCCCC)C(C)(Cc1ccccc1)c1ccccc1. The second-order valence-corrected chi connectivity index (χ2v) is 16.3. The van der Waals surface area contributed by atoms with E-state index in [9.17, 15) is 0 Å². The summed E-state index contributed by atoms with van der Waals surface area (Å²) < 4.78 is 2.54. The maximum atomic E-state index is 5.17. The van der Waals surface area contributed by atoms with Crippen LogP contribution in [0.4, 0.5) is 0 Å². The Kier molecular flexibility index (Phi) is 23.8. The molecular weight excluding hydrogens is 617 g/mol. The van der Waals surface area contributed by atoms with E-state index in [0.717, 1.165) is 13.0 Å². The maximum absolute atomic E-state index is 5.17. The Morgan fingerprint density at radius 2 is 0.922 bits per heavy atom. The number of unbranched alkanes of at least 4 members (excludes halogenated alkanes) is 24. The van der Waals surface area contributed by atoms with E-state index in [1.807, 2.05) is 0 Å². The number of hydrogen-bond donors (Lipinski definition) is 0. The van der Waals surface area contributed by atoms with Crippen LogP contribution in [0.3, 0.4) is 0 Å². The summed E-state index contributed by atoms with van der Waals surface area (Å²) in [5, 5.41) is 0. The van der Waals surface area contributed by atoms with E-state index in [2.05, 4.69) is 98.4 Å². The average molecular weight is 697 g/mol. The second-order valence-electron chi connectivity index (χ2n) is 16.3. The number of nitrogens with zero attached hydrogens (tertiary/aromatic N) is 2. The molecule has 0 saturated carbocycles. The van der Waals surface area contributed by atoms with Crippen LogP contribution in [0.25, 0.3) is 0 Å². The highest BCUT2D eigenvalue weighted by molar-refractivity contribution is 5.33. The molecule has 2 aromatic carbocycles. The lowest BCUT2D eigenvalue weighted by molar-refractivity contribution is 0.321. The molecule has 0 aliphatic carbocycles. The standard InChI is InChI=1S/C49H80N2/c1-4-6-8-10-12-14-16-18-20-22-24-26-34-40-47(49(3,46-38-32-29-33-39-46)44-45-36-30-28-31-37-45)48-50-41-43-51(48)42-35-27-25-23-21-19-17-15-13-11-9-7-5-2/h28-33,36-39,41,43,47H,4-27,34-35,40,42,44H2,1-3H3. The van der Waals surface area contributed by atoms with Crippen LogP contribution in [-0.2, 0) is 18.4 Å². The maximum Gasteiger partial charge on any atom is 0.112 e. The van der Waals surface area contributed by atoms with E-state index in [4.69, 9.17) is 4.98 Å². The molecule has 2 unspecified atom stereocenters. The molecule has 0 fully saturated rings. The topological polar surface area (TPSA) is 17.8 Å². The van der Waals surface area contributed by atoms with Crippen molar-refractivity contribution in [2.24, 2.45) is 0 Å². The van der Waals surface area contributed by atoms with Crippen molar-refractivity contribution in [3.8, 4) is 0 Å². The molecule has 0 bridgehead atoms. The summed E-state index contributed by atoms with van der Waals surface area (Å²) in [7, 11) is 0. The predicted molar refractivity (Wildman–Crippen MR) is 225 cm³/mol. The third-order valence-corrected chi connectivity index (χ3v) is 11.8. The molecule has 0 radical (unpaired) electrons. The second kappa shape index (κ2) is 28.2. The largest absolute Gasteiger partial charge is 0.335 e. The molecule has 51 heavy (non-hydrogen) atoms. The molecule has 1 heterocycles. The quantitative estimate of drug-likeness (QED) is 0.0580. The molecule has 3 aromatic rings. The Morgan fingerprint density at radius 1 is 0.510 bits per heavy atom. The van der Waals surface area contributed by atoms with Crippen LogP contribution in [0, 0.1) is 0 Å². The molecule has 0 spiro atoms. The molecule has 0 aliphatic heterocycles. The first-order chi connectivity index (χ1) is 25.2. The smallest absolute Gasteiger partial charge is 0.112 e. The van der Waals surface area contributed by atoms with Gasteiger partial charge in [-0.2, -0.15) is 0 Å². The molecule has 0 saturated heterocycles. The number of rotatable bonds is 33. The van der Waals surface area contributed by atoms with Gasteiger partial charge in [0, 0.05) is 30.3 Å². The first-order valence-electron chi connectivity index (χ1n) is 22.3. The van der Waals surface area contributed by atoms with Gasteiger partial charge in [0.1, 0.15) is 5.82 Å². The van der Waals surface area contributed by atoms with Gasteiger partial charge in [0.05, 0.1) is 0 Å². The fourth-order valence-corrected chi connectivity index (χ4v) is 8.48. The summed E-state index contributed by atoms with van der Waals surface area (Å²) in [4.78, 5) is 5.17.